The monoisotopic (exact) mass is 673 g/mol. The largest absolute Gasteiger partial charge is 0.390 e. The number of morpholine rings is 1. The summed E-state index contributed by atoms with van der Waals surface area (Å²) < 4.78 is 26.3. The molecule has 8 aliphatic rings. The highest BCUT2D eigenvalue weighted by molar-refractivity contribution is 5.32. The first kappa shape index (κ1) is 34.7. The van der Waals surface area contributed by atoms with Crippen molar-refractivity contribution in [1.29, 1.82) is 0 Å². The van der Waals surface area contributed by atoms with Crippen LogP contribution in [0.3, 0.4) is 0 Å². The molecule has 5 aliphatic carbocycles. The van der Waals surface area contributed by atoms with Crippen molar-refractivity contribution >= 4 is 0 Å². The number of nitrogens with one attached hydrogen (secondary N) is 1. The minimum atomic E-state index is -0.952. The zero-order valence-electron chi connectivity index (χ0n) is 31.3. The second-order valence-electron chi connectivity index (χ2n) is 19.3. The molecule has 2 spiro atoms. The first-order chi connectivity index (χ1) is 22.8. The van der Waals surface area contributed by atoms with E-state index in [1.807, 2.05) is 20.8 Å². The molecular formula is C40H68N2O6. The van der Waals surface area contributed by atoms with Crippen LogP contribution in [0.1, 0.15) is 113 Å². The molecule has 48 heavy (non-hydrogen) atoms. The highest BCUT2D eigenvalue weighted by Crippen LogP contribution is 2.89. The van der Waals surface area contributed by atoms with Crippen molar-refractivity contribution in [2.24, 2.45) is 50.7 Å². The molecule has 2 unspecified atom stereocenters. The summed E-state index contributed by atoms with van der Waals surface area (Å²) in [6.45, 7) is 22.6. The Bertz CT molecular complexity index is 1210. The maximum atomic E-state index is 12.6. The van der Waals surface area contributed by atoms with Crippen LogP contribution in [-0.2, 0) is 18.9 Å². The van der Waals surface area contributed by atoms with E-state index in [0.29, 0.717) is 41.6 Å². The maximum Gasteiger partial charge on any atom is 0.170 e. The molecule has 8 fully saturated rings. The van der Waals surface area contributed by atoms with Gasteiger partial charge in [0.15, 0.2) is 6.29 Å². The average Bonchev–Trinajstić information content (AvgIpc) is 3.68. The van der Waals surface area contributed by atoms with E-state index in [1.54, 1.807) is 0 Å². The summed E-state index contributed by atoms with van der Waals surface area (Å²) in [4.78, 5) is 2.57. The third-order valence-corrected chi connectivity index (χ3v) is 17.3. The summed E-state index contributed by atoms with van der Waals surface area (Å²) in [6.07, 6.45) is 10.0. The van der Waals surface area contributed by atoms with Crippen molar-refractivity contribution in [1.82, 2.24) is 10.2 Å². The predicted octanol–water partition coefficient (Wildman–Crippen LogP) is 5.38. The van der Waals surface area contributed by atoms with E-state index >= 15 is 0 Å². The van der Waals surface area contributed by atoms with Crippen LogP contribution in [0.25, 0.3) is 0 Å². The Morgan fingerprint density at radius 2 is 1.73 bits per heavy atom. The Balaban J connectivity index is 0.994. The molecule has 8 nitrogen and oxygen atoms in total. The number of ether oxygens (including phenoxy) is 4. The Hall–Kier alpha value is -0.320. The Kier molecular flexibility index (Phi) is 8.58. The van der Waals surface area contributed by atoms with Crippen molar-refractivity contribution in [3.05, 3.63) is 0 Å². The van der Waals surface area contributed by atoms with Crippen molar-refractivity contribution in [2.75, 3.05) is 45.9 Å². The quantitative estimate of drug-likeness (QED) is 0.301. The summed E-state index contributed by atoms with van der Waals surface area (Å²) in [5.41, 5.74) is -0.275. The molecule has 5 saturated carbocycles. The summed E-state index contributed by atoms with van der Waals surface area (Å²) in [7, 11) is 0. The van der Waals surface area contributed by atoms with Crippen LogP contribution in [0.2, 0.25) is 0 Å². The zero-order chi connectivity index (χ0) is 33.9. The van der Waals surface area contributed by atoms with Gasteiger partial charge in [-0.05, 0) is 123 Å². The SMILES string of the molecule is CCO[C@@H]([C@H]1CCC2[C@H](O1)[C@H](O)[C@@]1(C)[C@@H]3CC[C@H]4C(C)(C)[C@@H](O[C@H]5CN(CC6CNC6)CCO5)CC[C@@]45C[C@@]35CC[C@]21C)C(C)(O)CC. The number of fused-ring (bicyclic) bond motifs is 4. The van der Waals surface area contributed by atoms with Crippen LogP contribution >= 0.6 is 0 Å². The van der Waals surface area contributed by atoms with Gasteiger partial charge in [0, 0.05) is 44.7 Å². The first-order valence-electron chi connectivity index (χ1n) is 20.1. The Labute approximate surface area is 290 Å². The van der Waals surface area contributed by atoms with Gasteiger partial charge < -0.3 is 34.5 Å². The molecule has 274 valence electrons. The standard InChI is InChI=1S/C40H68N2O6/c1-8-37(6,44)34(45-9-2)27-11-10-26-32(47-27)33(43)38(7)29-13-12-28-35(3,4)30(14-15-39(28)24-40(29,39)17-16-36(26,38)5)48-31-23-42(18-19-46-31)22-25-20-41-21-25/h25-34,41,43-44H,8-24H2,1-7H3/t26?,27-,28+,29+,30+,31+,32+,33+,34+,36-,37?,38-,39-,40+/m1/s1. The molecule has 0 amide bonds. The smallest absolute Gasteiger partial charge is 0.170 e. The number of rotatable bonds is 9. The van der Waals surface area contributed by atoms with E-state index in [0.717, 1.165) is 64.5 Å². The molecule has 3 saturated heterocycles. The van der Waals surface area contributed by atoms with Crippen molar-refractivity contribution in [3.63, 3.8) is 0 Å². The Morgan fingerprint density at radius 1 is 0.979 bits per heavy atom. The fourth-order valence-corrected chi connectivity index (χ4v) is 14.3. The fourth-order valence-electron chi connectivity index (χ4n) is 14.3. The number of nitrogens with zero attached hydrogens (tertiary/aromatic N) is 1. The molecule has 3 N–H and O–H groups in total. The van der Waals surface area contributed by atoms with Gasteiger partial charge in [0.2, 0.25) is 0 Å². The lowest BCUT2D eigenvalue weighted by molar-refractivity contribution is -0.249. The third-order valence-electron chi connectivity index (χ3n) is 17.3. The summed E-state index contributed by atoms with van der Waals surface area (Å²) in [6, 6.07) is 0. The highest BCUT2D eigenvalue weighted by Gasteiger charge is 2.84. The topological polar surface area (TPSA) is 92.7 Å². The molecule has 3 heterocycles. The number of aliphatic hydroxyl groups excluding tert-OH is 1. The second-order valence-corrected chi connectivity index (χ2v) is 19.3. The lowest BCUT2D eigenvalue weighted by atomic mass is 9.41. The van der Waals surface area contributed by atoms with Gasteiger partial charge in [0.1, 0.15) is 6.10 Å². The number of hydrogen-bond donors (Lipinski definition) is 3. The fraction of sp³-hybridized carbons (Fsp3) is 1.00. The van der Waals surface area contributed by atoms with E-state index in [9.17, 15) is 10.2 Å². The summed E-state index contributed by atoms with van der Waals surface area (Å²) in [5.74, 6) is 2.30. The molecule has 0 aromatic rings. The van der Waals surface area contributed by atoms with E-state index in [4.69, 9.17) is 18.9 Å². The summed E-state index contributed by atoms with van der Waals surface area (Å²) in [5, 5.41) is 27.3. The molecule has 0 aromatic heterocycles. The van der Waals surface area contributed by atoms with E-state index in [-0.39, 0.29) is 47.0 Å². The van der Waals surface area contributed by atoms with Gasteiger partial charge in [-0.1, -0.05) is 34.6 Å². The van der Waals surface area contributed by atoms with Gasteiger partial charge in [-0.3, -0.25) is 4.90 Å². The predicted molar refractivity (Wildman–Crippen MR) is 185 cm³/mol. The van der Waals surface area contributed by atoms with Gasteiger partial charge >= 0.3 is 0 Å². The van der Waals surface area contributed by atoms with Crippen LogP contribution in [-0.4, -0.2) is 103 Å². The molecule has 0 aromatic carbocycles. The van der Waals surface area contributed by atoms with E-state index in [1.165, 1.54) is 38.5 Å². The van der Waals surface area contributed by atoms with Crippen molar-refractivity contribution < 1.29 is 29.2 Å². The number of aliphatic hydroxyl groups is 2. The van der Waals surface area contributed by atoms with Crippen LogP contribution in [0.5, 0.6) is 0 Å². The van der Waals surface area contributed by atoms with Gasteiger partial charge in [0.25, 0.3) is 0 Å². The van der Waals surface area contributed by atoms with Gasteiger partial charge in [0.05, 0.1) is 36.6 Å². The van der Waals surface area contributed by atoms with E-state index < -0.39 is 11.7 Å². The lowest BCUT2D eigenvalue weighted by Gasteiger charge is -2.63. The lowest BCUT2D eigenvalue weighted by Crippen LogP contribution is -2.60. The summed E-state index contributed by atoms with van der Waals surface area (Å²) >= 11 is 0. The molecule has 8 heteroatoms. The third kappa shape index (κ3) is 4.74. The van der Waals surface area contributed by atoms with Crippen molar-refractivity contribution in [3.8, 4) is 0 Å². The number of hydrogen-bond acceptors (Lipinski definition) is 8. The zero-order valence-corrected chi connectivity index (χ0v) is 31.3. The minimum absolute atomic E-state index is 0.0541. The van der Waals surface area contributed by atoms with Gasteiger partial charge in [-0.2, -0.15) is 0 Å². The van der Waals surface area contributed by atoms with Gasteiger partial charge in [-0.25, -0.2) is 0 Å². The highest BCUT2D eigenvalue weighted by atomic mass is 16.7. The van der Waals surface area contributed by atoms with Crippen LogP contribution < -0.4 is 5.32 Å². The molecule has 0 bridgehead atoms. The van der Waals surface area contributed by atoms with Crippen LogP contribution in [0, 0.1) is 50.7 Å². The maximum absolute atomic E-state index is 12.6. The molecular weight excluding hydrogens is 604 g/mol. The first-order valence-corrected chi connectivity index (χ1v) is 20.1. The van der Waals surface area contributed by atoms with Crippen LogP contribution in [0.15, 0.2) is 0 Å². The molecule has 3 aliphatic heterocycles. The second kappa shape index (κ2) is 11.8. The molecule has 14 atom stereocenters. The molecule has 0 radical (unpaired) electrons. The minimum Gasteiger partial charge on any atom is -0.390 e. The van der Waals surface area contributed by atoms with Crippen molar-refractivity contribution in [2.45, 2.75) is 155 Å². The van der Waals surface area contributed by atoms with Crippen LogP contribution in [0.4, 0.5) is 0 Å². The molecule has 8 rings (SSSR count). The Morgan fingerprint density at radius 3 is 2.44 bits per heavy atom. The van der Waals surface area contributed by atoms with Gasteiger partial charge in [-0.15, -0.1) is 0 Å². The average molecular weight is 673 g/mol. The normalized spacial score (nSPS) is 51.7. The van der Waals surface area contributed by atoms with E-state index in [2.05, 4.69) is 37.9 Å².